The van der Waals surface area contributed by atoms with Crippen molar-refractivity contribution < 1.29 is 13.9 Å². The molecule has 0 saturated heterocycles. The van der Waals surface area contributed by atoms with Crippen molar-refractivity contribution in [3.05, 3.63) is 77.0 Å². The van der Waals surface area contributed by atoms with Gasteiger partial charge >= 0.3 is 6.01 Å². The number of ether oxygens (including phenoxy) is 2. The third kappa shape index (κ3) is 3.94. The molecule has 0 aliphatic carbocycles. The molecule has 4 aromatic rings. The van der Waals surface area contributed by atoms with Crippen LogP contribution >= 0.6 is 11.6 Å². The molecule has 2 aromatic carbocycles. The van der Waals surface area contributed by atoms with Crippen molar-refractivity contribution in [2.45, 2.75) is 13.1 Å². The molecule has 31 heavy (non-hydrogen) atoms. The van der Waals surface area contributed by atoms with E-state index in [1.54, 1.807) is 25.6 Å². The second kappa shape index (κ2) is 8.17. The zero-order valence-electron chi connectivity index (χ0n) is 16.9. The Kier molecular flexibility index (Phi) is 5.21. The molecule has 0 atom stereocenters. The van der Waals surface area contributed by atoms with Crippen LogP contribution in [0.4, 0.5) is 4.39 Å². The van der Waals surface area contributed by atoms with E-state index in [0.717, 1.165) is 34.3 Å². The van der Waals surface area contributed by atoms with Gasteiger partial charge in [-0.3, -0.25) is 4.90 Å². The van der Waals surface area contributed by atoms with Crippen molar-refractivity contribution >= 4 is 22.5 Å². The minimum atomic E-state index is -0.253. The Labute approximate surface area is 183 Å². The van der Waals surface area contributed by atoms with Gasteiger partial charge in [-0.2, -0.15) is 0 Å². The number of rotatable bonds is 4. The van der Waals surface area contributed by atoms with Gasteiger partial charge in [-0.15, -0.1) is 0 Å². The van der Waals surface area contributed by atoms with E-state index in [-0.39, 0.29) is 5.82 Å². The summed E-state index contributed by atoms with van der Waals surface area (Å²) >= 11 is 6.60. The highest BCUT2D eigenvalue weighted by Crippen LogP contribution is 2.35. The van der Waals surface area contributed by atoms with Crippen LogP contribution in [0, 0.1) is 5.82 Å². The molecule has 8 heteroatoms. The molecule has 1 aliphatic heterocycles. The largest absolute Gasteiger partial charge is 0.490 e. The first-order valence-corrected chi connectivity index (χ1v) is 10.3. The topological polar surface area (TPSA) is 52.4 Å². The molecule has 0 unspecified atom stereocenters. The van der Waals surface area contributed by atoms with E-state index >= 15 is 0 Å². The maximum Gasteiger partial charge on any atom is 0.316 e. The van der Waals surface area contributed by atoms with Gasteiger partial charge in [0.2, 0.25) is 0 Å². The van der Waals surface area contributed by atoms with Crippen molar-refractivity contribution in [2.24, 2.45) is 0 Å². The Morgan fingerprint density at radius 3 is 2.81 bits per heavy atom. The zero-order valence-corrected chi connectivity index (χ0v) is 17.6. The fourth-order valence-electron chi connectivity index (χ4n) is 3.91. The molecule has 3 heterocycles. The van der Waals surface area contributed by atoms with Gasteiger partial charge in [0.05, 0.1) is 17.6 Å². The minimum Gasteiger partial charge on any atom is -0.490 e. The summed E-state index contributed by atoms with van der Waals surface area (Å²) in [5, 5.41) is 1.40. The van der Waals surface area contributed by atoms with Crippen LogP contribution in [0.3, 0.4) is 0 Å². The van der Waals surface area contributed by atoms with Gasteiger partial charge in [0.25, 0.3) is 0 Å². The van der Waals surface area contributed by atoms with Crippen LogP contribution in [0.25, 0.3) is 16.6 Å². The fraction of sp³-hybridized carbons (Fsp3) is 0.217. The van der Waals surface area contributed by atoms with E-state index in [0.29, 0.717) is 36.5 Å². The Hall–Kier alpha value is -3.16. The lowest BCUT2D eigenvalue weighted by Gasteiger charge is -2.19. The van der Waals surface area contributed by atoms with Gasteiger partial charge in [-0.25, -0.2) is 14.4 Å². The summed E-state index contributed by atoms with van der Waals surface area (Å²) in [4.78, 5) is 10.6. The predicted molar refractivity (Wildman–Crippen MR) is 116 cm³/mol. The van der Waals surface area contributed by atoms with Crippen molar-refractivity contribution in [2.75, 3.05) is 20.3 Å². The summed E-state index contributed by atoms with van der Waals surface area (Å²) in [6.07, 6.45) is 5.46. The summed E-state index contributed by atoms with van der Waals surface area (Å²) < 4.78 is 26.6. The molecule has 6 nitrogen and oxygen atoms in total. The SMILES string of the molecule is COc1ncc(CN2CCOc3c(Cl)cc(-n4ccc5cc(F)ccc54)cc3C2)cn1. The lowest BCUT2D eigenvalue weighted by molar-refractivity contribution is 0.219. The summed E-state index contributed by atoms with van der Waals surface area (Å²) in [6, 6.07) is 11.0. The van der Waals surface area contributed by atoms with Gasteiger partial charge in [-0.1, -0.05) is 11.6 Å². The number of halogens is 2. The molecule has 0 fully saturated rings. The number of aromatic nitrogens is 3. The molecular weight excluding hydrogens is 419 g/mol. The van der Waals surface area contributed by atoms with Crippen LogP contribution in [0.2, 0.25) is 5.02 Å². The number of methoxy groups -OCH3 is 1. The first-order valence-electron chi connectivity index (χ1n) is 9.90. The van der Waals surface area contributed by atoms with Gasteiger partial charge in [0.1, 0.15) is 18.2 Å². The zero-order chi connectivity index (χ0) is 21.4. The standard InChI is InChI=1S/C23H20ClFN4O2/c1-30-23-26-11-15(12-27-23)13-28-6-7-31-22-17(14-28)9-19(10-20(22)24)29-5-4-16-8-18(25)2-3-21(16)29/h2-5,8-12H,6-7,13-14H2,1H3. The van der Waals surface area contributed by atoms with Crippen molar-refractivity contribution in [1.82, 2.24) is 19.4 Å². The molecular formula is C23H20ClFN4O2. The van der Waals surface area contributed by atoms with E-state index < -0.39 is 0 Å². The van der Waals surface area contributed by atoms with Crippen LogP contribution in [-0.4, -0.2) is 39.7 Å². The molecule has 0 spiro atoms. The van der Waals surface area contributed by atoms with Gasteiger partial charge < -0.3 is 14.0 Å². The summed E-state index contributed by atoms with van der Waals surface area (Å²) in [6.45, 7) is 2.63. The van der Waals surface area contributed by atoms with E-state index in [4.69, 9.17) is 21.1 Å². The van der Waals surface area contributed by atoms with E-state index in [9.17, 15) is 4.39 Å². The number of fused-ring (bicyclic) bond motifs is 2. The summed E-state index contributed by atoms with van der Waals surface area (Å²) in [5.74, 6) is 0.457. The molecule has 2 aromatic heterocycles. The quantitative estimate of drug-likeness (QED) is 0.465. The Balaban J connectivity index is 1.46. The fourth-order valence-corrected chi connectivity index (χ4v) is 4.20. The Morgan fingerprint density at radius 2 is 2.00 bits per heavy atom. The third-order valence-corrected chi connectivity index (χ3v) is 5.63. The normalized spacial score (nSPS) is 14.2. The van der Waals surface area contributed by atoms with Gasteiger partial charge in [0, 0.05) is 60.4 Å². The number of nitrogens with zero attached hydrogens (tertiary/aromatic N) is 4. The van der Waals surface area contributed by atoms with Crippen LogP contribution in [-0.2, 0) is 13.1 Å². The second-order valence-electron chi connectivity index (χ2n) is 7.44. The molecule has 0 radical (unpaired) electrons. The average Bonchev–Trinajstić information content (AvgIpc) is 3.07. The first kappa shape index (κ1) is 19.8. The van der Waals surface area contributed by atoms with E-state index in [2.05, 4.69) is 20.9 Å². The number of benzene rings is 2. The lowest BCUT2D eigenvalue weighted by atomic mass is 10.1. The Bertz CT molecular complexity index is 1240. The predicted octanol–water partition coefficient (Wildman–Crippen LogP) is 4.62. The molecule has 158 valence electrons. The number of hydrogen-bond acceptors (Lipinski definition) is 5. The van der Waals surface area contributed by atoms with Gasteiger partial charge in [-0.05, 0) is 36.4 Å². The molecule has 0 bridgehead atoms. The summed E-state index contributed by atoms with van der Waals surface area (Å²) in [5.41, 5.74) is 3.81. The summed E-state index contributed by atoms with van der Waals surface area (Å²) in [7, 11) is 1.55. The van der Waals surface area contributed by atoms with Crippen LogP contribution < -0.4 is 9.47 Å². The molecule has 1 aliphatic rings. The molecule has 0 saturated carbocycles. The number of hydrogen-bond donors (Lipinski definition) is 0. The molecule has 5 rings (SSSR count). The minimum absolute atomic E-state index is 0.253. The molecule has 0 amide bonds. The highest BCUT2D eigenvalue weighted by molar-refractivity contribution is 6.32. The van der Waals surface area contributed by atoms with E-state index in [1.165, 1.54) is 12.1 Å². The lowest BCUT2D eigenvalue weighted by Crippen LogP contribution is -2.25. The highest BCUT2D eigenvalue weighted by atomic mass is 35.5. The molecule has 0 N–H and O–H groups in total. The maximum absolute atomic E-state index is 13.6. The van der Waals surface area contributed by atoms with Crippen molar-refractivity contribution in [3.8, 4) is 17.4 Å². The van der Waals surface area contributed by atoms with Crippen molar-refractivity contribution in [1.29, 1.82) is 0 Å². The first-order chi connectivity index (χ1) is 15.1. The van der Waals surface area contributed by atoms with Crippen LogP contribution in [0.1, 0.15) is 11.1 Å². The smallest absolute Gasteiger partial charge is 0.316 e. The monoisotopic (exact) mass is 438 g/mol. The Morgan fingerprint density at radius 1 is 1.16 bits per heavy atom. The van der Waals surface area contributed by atoms with Crippen LogP contribution in [0.15, 0.2) is 55.0 Å². The third-order valence-electron chi connectivity index (χ3n) is 5.35. The van der Waals surface area contributed by atoms with E-state index in [1.807, 2.05) is 22.9 Å². The highest BCUT2D eigenvalue weighted by Gasteiger charge is 2.20. The van der Waals surface area contributed by atoms with Gasteiger partial charge in [0.15, 0.2) is 0 Å². The average molecular weight is 439 g/mol. The second-order valence-corrected chi connectivity index (χ2v) is 7.85. The maximum atomic E-state index is 13.6. The van der Waals surface area contributed by atoms with Crippen LogP contribution in [0.5, 0.6) is 11.8 Å². The van der Waals surface area contributed by atoms with Crippen molar-refractivity contribution in [3.63, 3.8) is 0 Å².